The molecule has 0 radical (unpaired) electrons. The van der Waals surface area contributed by atoms with Crippen LogP contribution in [0, 0.1) is 0 Å². The van der Waals surface area contributed by atoms with E-state index in [1.165, 1.54) is 42.7 Å². The maximum Gasteiger partial charge on any atom is 0.335 e. The number of carbonyl (C=O) groups is 4. The first kappa shape index (κ1) is 29.3. The molecule has 8 heteroatoms. The minimum atomic E-state index is -1.10. The van der Waals surface area contributed by atoms with Gasteiger partial charge in [0.25, 0.3) is 5.91 Å². The van der Waals surface area contributed by atoms with Crippen molar-refractivity contribution in [2.24, 2.45) is 0 Å². The molecule has 0 bridgehead atoms. The van der Waals surface area contributed by atoms with Gasteiger partial charge in [-0.15, -0.1) is 0 Å². The first-order chi connectivity index (χ1) is 17.4. The average molecular weight is 502 g/mol. The Morgan fingerprint density at radius 2 is 1.58 bits per heavy atom. The minimum Gasteiger partial charge on any atom is -0.478 e. The molecule has 3 N–H and O–H groups in total. The summed E-state index contributed by atoms with van der Waals surface area (Å²) in [6.45, 7) is 5.16. The largest absolute Gasteiger partial charge is 0.478 e. The molecular weight excluding hydrogens is 458 g/mol. The highest BCUT2D eigenvalue weighted by Crippen LogP contribution is 2.24. The van der Waals surface area contributed by atoms with Crippen molar-refractivity contribution in [2.75, 3.05) is 13.1 Å². The summed E-state index contributed by atoms with van der Waals surface area (Å²) in [5.41, 5.74) is 1.11. The van der Waals surface area contributed by atoms with Crippen LogP contribution in [-0.2, 0) is 16.1 Å². The lowest BCUT2D eigenvalue weighted by atomic mass is 10.1. The van der Waals surface area contributed by atoms with Crippen LogP contribution in [0.15, 0.2) is 18.2 Å². The number of nitrogens with one attached hydrogen (secondary N) is 2. The Hall–Kier alpha value is -2.90. The van der Waals surface area contributed by atoms with Crippen molar-refractivity contribution in [2.45, 2.75) is 103 Å². The minimum absolute atomic E-state index is 0.0411. The maximum absolute atomic E-state index is 13.0. The van der Waals surface area contributed by atoms with E-state index in [2.05, 4.69) is 24.5 Å². The smallest absolute Gasteiger partial charge is 0.335 e. The first-order valence-electron chi connectivity index (χ1n) is 13.6. The van der Waals surface area contributed by atoms with Gasteiger partial charge in [-0.3, -0.25) is 14.4 Å². The fourth-order valence-electron chi connectivity index (χ4n) is 4.45. The third-order valence-electron chi connectivity index (χ3n) is 6.63. The number of aromatic carboxylic acids is 1. The molecule has 1 aromatic carbocycles. The molecule has 200 valence electrons. The van der Waals surface area contributed by atoms with Gasteiger partial charge >= 0.3 is 5.97 Å². The highest BCUT2D eigenvalue weighted by Gasteiger charge is 2.32. The third-order valence-corrected chi connectivity index (χ3v) is 6.63. The van der Waals surface area contributed by atoms with Crippen molar-refractivity contribution < 1.29 is 24.3 Å². The Bertz CT molecular complexity index is 886. The molecule has 8 nitrogen and oxygen atoms in total. The van der Waals surface area contributed by atoms with Gasteiger partial charge in [-0.25, -0.2) is 4.79 Å². The summed E-state index contributed by atoms with van der Waals surface area (Å²) in [5.74, 6) is -1.90. The molecule has 2 rings (SSSR count). The third kappa shape index (κ3) is 9.63. The number of hydrogen-bond acceptors (Lipinski definition) is 4. The fourth-order valence-corrected chi connectivity index (χ4v) is 4.45. The van der Waals surface area contributed by atoms with E-state index in [1.807, 2.05) is 0 Å². The lowest BCUT2D eigenvalue weighted by molar-refractivity contribution is -0.129. The van der Waals surface area contributed by atoms with Crippen LogP contribution in [0.25, 0.3) is 0 Å². The van der Waals surface area contributed by atoms with Crippen molar-refractivity contribution in [3.8, 4) is 0 Å². The number of hydrogen-bond donors (Lipinski definition) is 3. The second-order valence-electron chi connectivity index (χ2n) is 9.71. The van der Waals surface area contributed by atoms with Gasteiger partial charge in [0.1, 0.15) is 6.04 Å². The van der Waals surface area contributed by atoms with Gasteiger partial charge in [0.15, 0.2) is 0 Å². The monoisotopic (exact) mass is 501 g/mol. The summed E-state index contributed by atoms with van der Waals surface area (Å²) in [6, 6.07) is 3.63. The summed E-state index contributed by atoms with van der Waals surface area (Å²) in [4.78, 5) is 51.4. The van der Waals surface area contributed by atoms with Crippen LogP contribution >= 0.6 is 0 Å². The van der Waals surface area contributed by atoms with E-state index in [-0.39, 0.29) is 36.4 Å². The molecule has 1 atom stereocenters. The van der Waals surface area contributed by atoms with E-state index >= 15 is 0 Å². The predicted molar refractivity (Wildman–Crippen MR) is 140 cm³/mol. The van der Waals surface area contributed by atoms with E-state index < -0.39 is 12.0 Å². The van der Waals surface area contributed by atoms with Gasteiger partial charge < -0.3 is 20.6 Å². The molecule has 0 fully saturated rings. The standard InChI is InChI=1S/C28H43N3O5/c1-3-5-7-9-10-11-12-14-25(32)30-24(26(33)29-17-13-8-6-4-2)20-31-19-22-16-15-21(28(35)36)18-23(22)27(31)34/h15-16,18,24H,3-14,17,19-20H2,1-2H3,(H,29,33)(H,30,32)(H,35,36). The number of fused-ring (bicyclic) bond motifs is 1. The maximum atomic E-state index is 13.0. The Morgan fingerprint density at radius 3 is 2.25 bits per heavy atom. The number of amides is 3. The van der Waals surface area contributed by atoms with Gasteiger partial charge in [0.05, 0.1) is 12.1 Å². The van der Waals surface area contributed by atoms with Crippen molar-refractivity contribution in [1.29, 1.82) is 0 Å². The SMILES string of the molecule is CCCCCCCCCC(=O)NC(CN1Cc2ccc(C(=O)O)cc2C1=O)C(=O)NCCCCCC. The van der Waals surface area contributed by atoms with Crippen LogP contribution in [-0.4, -0.2) is 52.8 Å². The summed E-state index contributed by atoms with van der Waals surface area (Å²) in [6.07, 6.45) is 12.2. The van der Waals surface area contributed by atoms with E-state index in [9.17, 15) is 24.3 Å². The van der Waals surface area contributed by atoms with E-state index in [1.54, 1.807) is 6.07 Å². The number of nitrogens with zero attached hydrogens (tertiary/aromatic N) is 1. The summed E-state index contributed by atoms with van der Waals surface area (Å²) in [7, 11) is 0. The lowest BCUT2D eigenvalue weighted by Crippen LogP contribution is -2.52. The Labute approximate surface area is 215 Å². The van der Waals surface area contributed by atoms with Crippen molar-refractivity contribution >= 4 is 23.7 Å². The number of benzene rings is 1. The highest BCUT2D eigenvalue weighted by atomic mass is 16.4. The molecule has 1 heterocycles. The Balaban J connectivity index is 1.95. The molecule has 1 aliphatic heterocycles. The second kappa shape index (κ2) is 16.0. The normalized spacial score (nSPS) is 13.4. The summed E-state index contributed by atoms with van der Waals surface area (Å²) < 4.78 is 0. The van der Waals surface area contributed by atoms with E-state index in [4.69, 9.17) is 0 Å². The van der Waals surface area contributed by atoms with Crippen LogP contribution in [0.5, 0.6) is 0 Å². The fraction of sp³-hybridized carbons (Fsp3) is 0.643. The van der Waals surface area contributed by atoms with Crippen LogP contribution < -0.4 is 10.6 Å². The van der Waals surface area contributed by atoms with Crippen molar-refractivity contribution in [3.63, 3.8) is 0 Å². The molecule has 0 aliphatic carbocycles. The molecule has 36 heavy (non-hydrogen) atoms. The molecule has 1 aromatic rings. The molecular formula is C28H43N3O5. The molecule has 3 amide bonds. The Morgan fingerprint density at radius 1 is 0.944 bits per heavy atom. The zero-order chi connectivity index (χ0) is 26.3. The average Bonchev–Trinajstić information content (AvgIpc) is 3.17. The number of rotatable bonds is 18. The zero-order valence-electron chi connectivity index (χ0n) is 21.9. The lowest BCUT2D eigenvalue weighted by Gasteiger charge is -2.24. The molecule has 1 unspecified atom stereocenters. The number of carbonyl (C=O) groups excluding carboxylic acids is 3. The number of unbranched alkanes of at least 4 members (excludes halogenated alkanes) is 9. The molecule has 0 spiro atoms. The zero-order valence-corrected chi connectivity index (χ0v) is 21.9. The van der Waals surface area contributed by atoms with E-state index in [0.717, 1.165) is 50.5 Å². The van der Waals surface area contributed by atoms with Crippen LogP contribution in [0.4, 0.5) is 0 Å². The molecule has 1 aliphatic rings. The predicted octanol–water partition coefficient (Wildman–Crippen LogP) is 4.66. The summed E-state index contributed by atoms with van der Waals surface area (Å²) >= 11 is 0. The molecule has 0 saturated carbocycles. The van der Waals surface area contributed by atoms with Crippen molar-refractivity contribution in [1.82, 2.24) is 15.5 Å². The van der Waals surface area contributed by atoms with Gasteiger partial charge in [-0.2, -0.15) is 0 Å². The Kier molecular flexibility index (Phi) is 13.0. The van der Waals surface area contributed by atoms with Gasteiger partial charge in [0, 0.05) is 25.1 Å². The van der Waals surface area contributed by atoms with Crippen LogP contribution in [0.3, 0.4) is 0 Å². The quantitative estimate of drug-likeness (QED) is 0.253. The van der Waals surface area contributed by atoms with E-state index in [0.29, 0.717) is 18.5 Å². The van der Waals surface area contributed by atoms with Crippen molar-refractivity contribution in [3.05, 3.63) is 34.9 Å². The van der Waals surface area contributed by atoms with Gasteiger partial charge in [-0.05, 0) is 30.5 Å². The molecule has 0 saturated heterocycles. The topological polar surface area (TPSA) is 116 Å². The molecule has 0 aromatic heterocycles. The summed E-state index contributed by atoms with van der Waals surface area (Å²) in [5, 5.41) is 15.0. The van der Waals surface area contributed by atoms with Crippen LogP contribution in [0.1, 0.15) is 117 Å². The van der Waals surface area contributed by atoms with Gasteiger partial charge in [-0.1, -0.05) is 77.7 Å². The first-order valence-corrected chi connectivity index (χ1v) is 13.6. The number of carboxylic acids is 1. The van der Waals surface area contributed by atoms with Crippen LogP contribution in [0.2, 0.25) is 0 Å². The highest BCUT2D eigenvalue weighted by molar-refractivity contribution is 6.01. The van der Waals surface area contributed by atoms with Gasteiger partial charge in [0.2, 0.25) is 11.8 Å². The second-order valence-corrected chi connectivity index (χ2v) is 9.71. The number of carboxylic acid groups (broad SMARTS) is 1.